The van der Waals surface area contributed by atoms with E-state index < -0.39 is 69.5 Å². The summed E-state index contributed by atoms with van der Waals surface area (Å²) >= 11 is 0. The van der Waals surface area contributed by atoms with Crippen molar-refractivity contribution >= 4 is 11.6 Å². The highest BCUT2D eigenvalue weighted by molar-refractivity contribution is 6.12. The van der Waals surface area contributed by atoms with Gasteiger partial charge in [-0.05, 0) is 30.3 Å². The largest absolute Gasteiger partial charge is 0.393 e. The third-order valence-corrected chi connectivity index (χ3v) is 8.84. The topological polar surface area (TPSA) is 115 Å². The summed E-state index contributed by atoms with van der Waals surface area (Å²) < 4.78 is 0. The fourth-order valence-electron chi connectivity index (χ4n) is 8.23. The molecule has 0 aromatic carbocycles. The average Bonchev–Trinajstić information content (AvgIpc) is 2.90. The predicted octanol–water partition coefficient (Wildman–Crippen LogP) is -0.0294. The number of hydrogen-bond acceptors (Lipinski definition) is 6. The fraction of sp³-hybridized carbons (Fsp3) is 0.800. The van der Waals surface area contributed by atoms with Crippen LogP contribution in [0.3, 0.4) is 0 Å². The molecule has 6 heteroatoms. The number of rotatable bonds is 0. The molecule has 0 radical (unpaired) electrons. The molecule has 4 N–H and O–H groups in total. The average molecular weight is 362 g/mol. The lowest BCUT2D eigenvalue weighted by Gasteiger charge is -2.59. The minimum atomic E-state index is -2.36. The molecule has 5 unspecified atom stereocenters. The van der Waals surface area contributed by atoms with Crippen molar-refractivity contribution in [3.8, 4) is 0 Å². The van der Waals surface area contributed by atoms with Crippen LogP contribution >= 0.6 is 0 Å². The molecule has 5 rings (SSSR count). The number of Topliss-reactive ketones (excluding diaryl/α,β-unsaturated/α-hetero) is 2. The molecule has 4 bridgehead atoms. The molecule has 0 aliphatic heterocycles. The van der Waals surface area contributed by atoms with E-state index >= 15 is 0 Å². The molecule has 2 spiro atoms. The summed E-state index contributed by atoms with van der Waals surface area (Å²) in [4.78, 5) is 26.8. The van der Waals surface area contributed by atoms with E-state index in [0.717, 1.165) is 12.8 Å². The van der Waals surface area contributed by atoms with Gasteiger partial charge in [0, 0.05) is 23.2 Å². The van der Waals surface area contributed by atoms with E-state index in [4.69, 9.17) is 0 Å². The fourth-order valence-corrected chi connectivity index (χ4v) is 8.23. The molecule has 142 valence electrons. The number of ketones is 2. The molecule has 5 aliphatic carbocycles. The van der Waals surface area contributed by atoms with Crippen molar-refractivity contribution in [1.82, 2.24) is 0 Å². The molecule has 0 aromatic rings. The maximum Gasteiger partial charge on any atom is 0.172 e. The van der Waals surface area contributed by atoms with Crippen LogP contribution in [0.2, 0.25) is 0 Å². The first kappa shape index (κ1) is 17.0. The summed E-state index contributed by atoms with van der Waals surface area (Å²) in [7, 11) is 0. The predicted molar refractivity (Wildman–Crippen MR) is 89.7 cm³/mol. The Morgan fingerprint density at radius 3 is 2.42 bits per heavy atom. The van der Waals surface area contributed by atoms with Crippen LogP contribution in [0.15, 0.2) is 12.2 Å². The highest BCUT2D eigenvalue weighted by atomic mass is 16.4. The van der Waals surface area contributed by atoms with E-state index in [1.54, 1.807) is 0 Å². The quantitative estimate of drug-likeness (QED) is 0.450. The molecule has 6 nitrogen and oxygen atoms in total. The van der Waals surface area contributed by atoms with E-state index in [0.29, 0.717) is 6.42 Å². The number of aliphatic hydroxyl groups excluding tert-OH is 3. The summed E-state index contributed by atoms with van der Waals surface area (Å²) in [5, 5.41) is 45.0. The van der Waals surface area contributed by atoms with E-state index in [-0.39, 0.29) is 12.0 Å². The molecule has 5 fully saturated rings. The number of carbonyl (C=O) groups excluding carboxylic acids is 2. The normalized spacial score (nSPS) is 59.5. The molecule has 0 amide bonds. The molecule has 9 atom stereocenters. The minimum absolute atomic E-state index is 0.156. The lowest BCUT2D eigenvalue weighted by molar-refractivity contribution is -0.217. The van der Waals surface area contributed by atoms with Gasteiger partial charge in [0.05, 0.1) is 18.3 Å². The van der Waals surface area contributed by atoms with Gasteiger partial charge in [0.2, 0.25) is 0 Å². The van der Waals surface area contributed by atoms with Gasteiger partial charge in [0.15, 0.2) is 17.2 Å². The zero-order chi connectivity index (χ0) is 19.0. The van der Waals surface area contributed by atoms with Crippen molar-refractivity contribution in [2.24, 2.45) is 34.0 Å². The Morgan fingerprint density at radius 1 is 1.12 bits per heavy atom. The SMILES string of the molecule is C=C1C(=O)C23C(O)C1C[C@H](O)[C@H]2C12CCCC(C)(C)[C@H]1C(=O)[C@]3(O)C2O. The molecule has 5 aliphatic rings. The van der Waals surface area contributed by atoms with Crippen LogP contribution in [-0.2, 0) is 9.59 Å². The van der Waals surface area contributed by atoms with Gasteiger partial charge in [-0.15, -0.1) is 0 Å². The summed E-state index contributed by atoms with van der Waals surface area (Å²) in [6.45, 7) is 7.68. The maximum absolute atomic E-state index is 13.5. The number of fused-ring (bicyclic) bond motifs is 2. The Morgan fingerprint density at radius 2 is 1.77 bits per heavy atom. The molecule has 0 aromatic heterocycles. The molecular formula is C20H26O6. The third-order valence-electron chi connectivity index (χ3n) is 8.84. The van der Waals surface area contributed by atoms with Crippen LogP contribution < -0.4 is 0 Å². The Labute approximate surface area is 151 Å². The summed E-state index contributed by atoms with van der Waals surface area (Å²) in [5.41, 5.74) is -5.61. The summed E-state index contributed by atoms with van der Waals surface area (Å²) in [6, 6.07) is 0. The first-order chi connectivity index (χ1) is 12.0. The number of carbonyl (C=O) groups is 2. The van der Waals surface area contributed by atoms with Gasteiger partial charge in [0.1, 0.15) is 5.41 Å². The Kier molecular flexibility index (Phi) is 2.83. The summed E-state index contributed by atoms with van der Waals surface area (Å²) in [5.74, 6) is -3.25. The highest BCUT2D eigenvalue weighted by Gasteiger charge is 2.93. The van der Waals surface area contributed by atoms with Crippen LogP contribution in [-0.4, -0.2) is 55.9 Å². The Bertz CT molecular complexity index is 772. The standard InChI is InChI=1S/C20H26O6/c1-8-9-7-10(21)11-18-6-4-5-17(2,3)12(18)15(24)20(26,16(18)25)19(11,13(8)22)14(9)23/h9-12,14,16,21,23,25-26H,1,4-7H2,2-3H3/t9?,10-,11-,12+,14?,16?,18?,19?,20-/m0/s1. The molecule has 0 saturated heterocycles. The Hall–Kier alpha value is -1.08. The van der Waals surface area contributed by atoms with Crippen molar-refractivity contribution < 1.29 is 30.0 Å². The zero-order valence-electron chi connectivity index (χ0n) is 15.1. The molecule has 0 heterocycles. The second-order valence-electron chi connectivity index (χ2n) is 9.98. The van der Waals surface area contributed by atoms with Gasteiger partial charge in [0.25, 0.3) is 0 Å². The van der Waals surface area contributed by atoms with Crippen LogP contribution in [0.25, 0.3) is 0 Å². The van der Waals surface area contributed by atoms with Crippen LogP contribution in [0, 0.1) is 34.0 Å². The van der Waals surface area contributed by atoms with Crippen LogP contribution in [0.5, 0.6) is 0 Å². The number of aliphatic hydroxyl groups is 4. The van der Waals surface area contributed by atoms with E-state index in [1.165, 1.54) is 0 Å². The maximum atomic E-state index is 13.5. The smallest absolute Gasteiger partial charge is 0.172 e. The van der Waals surface area contributed by atoms with E-state index in [9.17, 15) is 30.0 Å². The van der Waals surface area contributed by atoms with Crippen molar-refractivity contribution in [3.63, 3.8) is 0 Å². The van der Waals surface area contributed by atoms with Crippen molar-refractivity contribution in [2.75, 3.05) is 0 Å². The monoisotopic (exact) mass is 362 g/mol. The molecule has 5 saturated carbocycles. The van der Waals surface area contributed by atoms with Gasteiger partial charge in [-0.1, -0.05) is 26.8 Å². The molecular weight excluding hydrogens is 336 g/mol. The summed E-state index contributed by atoms with van der Waals surface area (Å²) in [6.07, 6.45) is -1.60. The lowest BCUT2D eigenvalue weighted by Crippen LogP contribution is -2.70. The van der Waals surface area contributed by atoms with E-state index in [1.807, 2.05) is 13.8 Å². The second kappa shape index (κ2) is 4.32. The lowest BCUT2D eigenvalue weighted by atomic mass is 9.44. The number of hydrogen-bond donors (Lipinski definition) is 4. The van der Waals surface area contributed by atoms with Crippen molar-refractivity contribution in [3.05, 3.63) is 12.2 Å². The van der Waals surface area contributed by atoms with Gasteiger partial charge in [-0.3, -0.25) is 9.59 Å². The van der Waals surface area contributed by atoms with Gasteiger partial charge < -0.3 is 20.4 Å². The second-order valence-corrected chi connectivity index (χ2v) is 9.98. The van der Waals surface area contributed by atoms with Crippen molar-refractivity contribution in [1.29, 1.82) is 0 Å². The Balaban J connectivity index is 1.86. The highest BCUT2D eigenvalue weighted by Crippen LogP contribution is 2.80. The van der Waals surface area contributed by atoms with Crippen molar-refractivity contribution in [2.45, 2.75) is 63.4 Å². The van der Waals surface area contributed by atoms with Gasteiger partial charge in [-0.2, -0.15) is 0 Å². The van der Waals surface area contributed by atoms with Gasteiger partial charge >= 0.3 is 0 Å². The first-order valence-corrected chi connectivity index (χ1v) is 9.55. The first-order valence-electron chi connectivity index (χ1n) is 9.55. The van der Waals surface area contributed by atoms with E-state index in [2.05, 4.69) is 6.58 Å². The third kappa shape index (κ3) is 1.25. The molecule has 26 heavy (non-hydrogen) atoms. The van der Waals surface area contributed by atoms with Gasteiger partial charge in [-0.25, -0.2) is 0 Å². The minimum Gasteiger partial charge on any atom is -0.393 e. The zero-order valence-corrected chi connectivity index (χ0v) is 15.1. The van der Waals surface area contributed by atoms with Crippen LogP contribution in [0.4, 0.5) is 0 Å². The van der Waals surface area contributed by atoms with Crippen LogP contribution in [0.1, 0.15) is 39.5 Å².